The Labute approximate surface area is 118 Å². The average Bonchev–Trinajstić information content (AvgIpc) is 2.22. The molecule has 0 spiro atoms. The summed E-state index contributed by atoms with van der Waals surface area (Å²) in [6.07, 6.45) is 3.50. The summed E-state index contributed by atoms with van der Waals surface area (Å²) in [6, 6.07) is 5.72. The summed E-state index contributed by atoms with van der Waals surface area (Å²) in [7, 11) is 0. The van der Waals surface area contributed by atoms with Gasteiger partial charge in [-0.3, -0.25) is 4.98 Å². The molecule has 0 radical (unpaired) electrons. The molecule has 5 heteroatoms. The molecule has 0 N–H and O–H groups in total. The summed E-state index contributed by atoms with van der Waals surface area (Å²) in [5, 5.41) is 0. The van der Waals surface area contributed by atoms with Crippen LogP contribution in [-0.2, 0) is 35.0 Å². The molecule has 1 aromatic rings. The van der Waals surface area contributed by atoms with Crippen molar-refractivity contribution in [2.24, 2.45) is 0 Å². The predicted molar refractivity (Wildman–Crippen MR) is 67.1 cm³/mol. The zero-order valence-electron chi connectivity index (χ0n) is 8.81. The average molecular weight is 335 g/mol. The van der Waals surface area contributed by atoms with Crippen LogP contribution in [-0.4, -0.2) is 27.3 Å². The molecular formula is C10H15AgN2S2. The molecule has 1 heterocycles. The van der Waals surface area contributed by atoms with Crippen LogP contribution >= 0.6 is 12.2 Å². The van der Waals surface area contributed by atoms with Crippen molar-refractivity contribution in [3.05, 3.63) is 30.6 Å². The van der Waals surface area contributed by atoms with Crippen molar-refractivity contribution in [2.75, 3.05) is 13.1 Å². The van der Waals surface area contributed by atoms with E-state index in [1.54, 1.807) is 12.4 Å². The molecule has 0 atom stereocenters. The van der Waals surface area contributed by atoms with Gasteiger partial charge in [0.05, 0.1) is 0 Å². The fraction of sp³-hybridized carbons (Fsp3) is 0.400. The third kappa shape index (κ3) is 10.3. The van der Waals surface area contributed by atoms with Crippen molar-refractivity contribution in [1.82, 2.24) is 9.88 Å². The molecule has 0 fully saturated rings. The standard InChI is InChI=1S/C5H11NS2.C5H5N.Ag/c1-3-6(4-2)5(7)8;1-2-4-6-5-3-1;/h3-4H2,1-2H3,(H,7,8);1-5H;/q;;+1/p-1. The smallest absolute Gasteiger partial charge is 0.411 e. The van der Waals surface area contributed by atoms with E-state index in [-0.39, 0.29) is 22.4 Å². The number of hydrogen-bond donors (Lipinski definition) is 0. The molecule has 15 heavy (non-hydrogen) atoms. The predicted octanol–water partition coefficient (Wildman–Crippen LogP) is 2.24. The van der Waals surface area contributed by atoms with Gasteiger partial charge in [-0.05, 0) is 26.0 Å². The van der Waals surface area contributed by atoms with Crippen LogP contribution < -0.4 is 0 Å². The molecule has 0 bridgehead atoms. The van der Waals surface area contributed by atoms with Gasteiger partial charge in [-0.1, -0.05) is 10.4 Å². The van der Waals surface area contributed by atoms with Crippen LogP contribution in [0.4, 0.5) is 0 Å². The van der Waals surface area contributed by atoms with Gasteiger partial charge in [0.1, 0.15) is 0 Å². The molecule has 0 saturated heterocycles. The minimum absolute atomic E-state index is 0. The summed E-state index contributed by atoms with van der Waals surface area (Å²) in [4.78, 5) is 5.75. The largest absolute Gasteiger partial charge is 1.00 e. The second-order valence-electron chi connectivity index (χ2n) is 2.46. The Morgan fingerprint density at radius 1 is 1.20 bits per heavy atom. The molecule has 88 valence electrons. The Morgan fingerprint density at radius 3 is 1.73 bits per heavy atom. The topological polar surface area (TPSA) is 16.1 Å². The molecule has 0 amide bonds. The summed E-state index contributed by atoms with van der Waals surface area (Å²) < 4.78 is 0.579. The molecule has 0 saturated carbocycles. The van der Waals surface area contributed by atoms with Gasteiger partial charge in [0.15, 0.2) is 0 Å². The zero-order chi connectivity index (χ0) is 10.8. The fourth-order valence-corrected chi connectivity index (χ4v) is 1.31. The van der Waals surface area contributed by atoms with E-state index in [4.69, 9.17) is 24.8 Å². The van der Waals surface area contributed by atoms with Crippen LogP contribution in [0, 0.1) is 0 Å². The van der Waals surface area contributed by atoms with E-state index in [9.17, 15) is 0 Å². The number of hydrogen-bond acceptors (Lipinski definition) is 3. The molecule has 0 unspecified atom stereocenters. The fourth-order valence-electron chi connectivity index (χ4n) is 0.794. The minimum atomic E-state index is 0. The Balaban J connectivity index is 0. The number of pyridine rings is 1. The van der Waals surface area contributed by atoms with Crippen LogP contribution in [0.1, 0.15) is 13.8 Å². The van der Waals surface area contributed by atoms with Gasteiger partial charge in [-0.15, -0.1) is 0 Å². The normalized spacial score (nSPS) is 7.87. The van der Waals surface area contributed by atoms with E-state index in [0.29, 0.717) is 4.32 Å². The van der Waals surface area contributed by atoms with Crippen molar-refractivity contribution in [3.63, 3.8) is 0 Å². The number of thiocarbonyl (C=S) groups is 1. The minimum Gasteiger partial charge on any atom is -0.411 e. The zero-order valence-corrected chi connectivity index (χ0v) is 11.9. The maximum atomic E-state index is 4.76. The van der Waals surface area contributed by atoms with Crippen LogP contribution in [0.25, 0.3) is 0 Å². The van der Waals surface area contributed by atoms with E-state index < -0.39 is 0 Å². The van der Waals surface area contributed by atoms with E-state index in [2.05, 4.69) is 4.98 Å². The van der Waals surface area contributed by atoms with Gasteiger partial charge in [0.25, 0.3) is 0 Å². The van der Waals surface area contributed by atoms with E-state index in [1.165, 1.54) is 0 Å². The van der Waals surface area contributed by atoms with Crippen LogP contribution in [0.3, 0.4) is 0 Å². The molecule has 0 aromatic carbocycles. The third-order valence-electron chi connectivity index (χ3n) is 1.59. The first-order valence-corrected chi connectivity index (χ1v) is 5.34. The molecule has 0 aliphatic rings. The summed E-state index contributed by atoms with van der Waals surface area (Å²) in [5.41, 5.74) is 0. The summed E-state index contributed by atoms with van der Waals surface area (Å²) >= 11 is 9.51. The van der Waals surface area contributed by atoms with Crippen molar-refractivity contribution >= 4 is 29.2 Å². The van der Waals surface area contributed by atoms with E-state index >= 15 is 0 Å². The molecule has 0 aliphatic carbocycles. The Kier molecular flexibility index (Phi) is 14.0. The number of aromatic nitrogens is 1. The third-order valence-corrected chi connectivity index (χ3v) is 2.10. The summed E-state index contributed by atoms with van der Waals surface area (Å²) in [5.74, 6) is 0. The van der Waals surface area contributed by atoms with Crippen molar-refractivity contribution in [1.29, 1.82) is 0 Å². The molecule has 0 aliphatic heterocycles. The van der Waals surface area contributed by atoms with E-state index in [1.807, 2.05) is 36.9 Å². The Bertz CT molecular complexity index is 214. The van der Waals surface area contributed by atoms with Crippen molar-refractivity contribution < 1.29 is 22.4 Å². The SMILES string of the molecule is CCN(CC)C(=S)[S-].[Ag+].c1ccncc1. The van der Waals surface area contributed by atoms with Crippen LogP contribution in [0.15, 0.2) is 30.6 Å². The molecule has 2 nitrogen and oxygen atoms in total. The maximum Gasteiger partial charge on any atom is 1.00 e. The van der Waals surface area contributed by atoms with Crippen LogP contribution in [0.5, 0.6) is 0 Å². The van der Waals surface area contributed by atoms with Gasteiger partial charge in [0, 0.05) is 25.5 Å². The van der Waals surface area contributed by atoms with E-state index in [0.717, 1.165) is 13.1 Å². The molecule has 1 aromatic heterocycles. The van der Waals surface area contributed by atoms with Gasteiger partial charge in [-0.25, -0.2) is 0 Å². The van der Waals surface area contributed by atoms with Crippen molar-refractivity contribution in [2.45, 2.75) is 13.8 Å². The van der Waals surface area contributed by atoms with Crippen LogP contribution in [0.2, 0.25) is 0 Å². The number of nitrogens with zero attached hydrogens (tertiary/aromatic N) is 2. The summed E-state index contributed by atoms with van der Waals surface area (Å²) in [6.45, 7) is 5.95. The second kappa shape index (κ2) is 12.1. The van der Waals surface area contributed by atoms with Gasteiger partial charge < -0.3 is 29.7 Å². The maximum absolute atomic E-state index is 4.76. The Hall–Kier alpha value is 0.000260. The first-order valence-electron chi connectivity index (χ1n) is 4.53. The monoisotopic (exact) mass is 334 g/mol. The molecule has 1 rings (SSSR count). The van der Waals surface area contributed by atoms with Gasteiger partial charge >= 0.3 is 22.4 Å². The quantitative estimate of drug-likeness (QED) is 0.468. The van der Waals surface area contributed by atoms with Gasteiger partial charge in [0.2, 0.25) is 0 Å². The number of rotatable bonds is 2. The van der Waals surface area contributed by atoms with Gasteiger partial charge in [-0.2, -0.15) is 0 Å². The molecular weight excluding hydrogens is 320 g/mol. The Morgan fingerprint density at radius 2 is 1.67 bits per heavy atom. The second-order valence-corrected chi connectivity index (χ2v) is 3.49. The first kappa shape index (κ1) is 17.4. The van der Waals surface area contributed by atoms with Crippen molar-refractivity contribution in [3.8, 4) is 0 Å². The first-order chi connectivity index (χ1) is 6.72.